The van der Waals surface area contributed by atoms with E-state index < -0.39 is 5.41 Å². The van der Waals surface area contributed by atoms with Gasteiger partial charge in [0.05, 0.1) is 26.2 Å². The zero-order valence-corrected chi connectivity index (χ0v) is 11.0. The summed E-state index contributed by atoms with van der Waals surface area (Å²) < 4.78 is 0. The van der Waals surface area contributed by atoms with E-state index >= 15 is 0 Å². The number of hydrogen-bond donors (Lipinski definition) is 2. The number of rotatable bonds is 0. The van der Waals surface area contributed by atoms with Gasteiger partial charge in [0.15, 0.2) is 0 Å². The molecule has 1 saturated heterocycles. The largest absolute Gasteiger partial charge is 0.324 e. The van der Waals surface area contributed by atoms with Crippen LogP contribution in [0.1, 0.15) is 12.0 Å². The number of halogens is 3. The number of fused-ring (bicyclic) bond motifs is 2. The summed E-state index contributed by atoms with van der Waals surface area (Å²) in [6, 6.07) is 1.75. The summed E-state index contributed by atoms with van der Waals surface area (Å²) in [6.07, 6.45) is 0.750. The number of carbonyl (C=O) groups is 1. The van der Waals surface area contributed by atoms with E-state index in [0.29, 0.717) is 22.3 Å². The summed E-state index contributed by atoms with van der Waals surface area (Å²) in [5.74, 6) is -0.0299. The van der Waals surface area contributed by atoms with E-state index in [1.165, 1.54) is 0 Å². The third-order valence-corrected chi connectivity index (χ3v) is 4.77. The second-order valence-electron chi connectivity index (χ2n) is 4.37. The highest BCUT2D eigenvalue weighted by molar-refractivity contribution is 6.49. The maximum absolute atomic E-state index is 12.1. The summed E-state index contributed by atoms with van der Waals surface area (Å²) >= 11 is 18.1. The first-order valence-corrected chi connectivity index (χ1v) is 6.40. The molecule has 0 bridgehead atoms. The lowest BCUT2D eigenvalue weighted by atomic mass is 9.81. The molecule has 0 aliphatic carbocycles. The van der Waals surface area contributed by atoms with Crippen molar-refractivity contribution in [3.63, 3.8) is 0 Å². The van der Waals surface area contributed by atoms with Crippen LogP contribution in [-0.2, 0) is 10.2 Å². The lowest BCUT2D eigenvalue weighted by Gasteiger charge is -2.20. The van der Waals surface area contributed by atoms with Crippen molar-refractivity contribution < 1.29 is 4.79 Å². The van der Waals surface area contributed by atoms with Crippen molar-refractivity contribution in [2.24, 2.45) is 0 Å². The predicted octanol–water partition coefficient (Wildman–Crippen LogP) is 2.83. The molecule has 3 nitrogen and oxygen atoms in total. The first-order chi connectivity index (χ1) is 8.06. The molecule has 2 heterocycles. The second-order valence-corrected chi connectivity index (χ2v) is 5.54. The third-order valence-electron chi connectivity index (χ3n) is 3.51. The molecule has 1 aromatic rings. The molecular weight excluding hydrogens is 282 g/mol. The van der Waals surface area contributed by atoms with E-state index in [1.807, 2.05) is 0 Å². The fourth-order valence-electron chi connectivity index (χ4n) is 2.57. The zero-order chi connectivity index (χ0) is 12.2. The standard InChI is InChI=1S/C11H9Cl3N2O/c12-6-3-5-9(8(14)7(6)13)16-10(17)11(5)1-2-15-4-11/h3,15H,1-2,4H2,(H,16,17). The highest BCUT2D eigenvalue weighted by atomic mass is 35.5. The SMILES string of the molecule is O=C1Nc2c(cc(Cl)c(Cl)c2Cl)C12CCNC2. The maximum Gasteiger partial charge on any atom is 0.236 e. The Morgan fingerprint density at radius 2 is 2.00 bits per heavy atom. The van der Waals surface area contributed by atoms with Gasteiger partial charge in [-0.3, -0.25) is 4.79 Å². The van der Waals surface area contributed by atoms with Crippen molar-refractivity contribution in [2.45, 2.75) is 11.8 Å². The van der Waals surface area contributed by atoms with Crippen molar-refractivity contribution in [1.82, 2.24) is 5.32 Å². The minimum atomic E-state index is -0.535. The first-order valence-electron chi connectivity index (χ1n) is 5.26. The van der Waals surface area contributed by atoms with Crippen LogP contribution >= 0.6 is 34.8 Å². The van der Waals surface area contributed by atoms with Crippen LogP contribution in [0.3, 0.4) is 0 Å². The summed E-state index contributed by atoms with van der Waals surface area (Å²) in [5.41, 5.74) is 0.925. The van der Waals surface area contributed by atoms with Crippen LogP contribution in [0.5, 0.6) is 0 Å². The highest BCUT2D eigenvalue weighted by Gasteiger charge is 2.49. The number of nitrogens with one attached hydrogen (secondary N) is 2. The van der Waals surface area contributed by atoms with Gasteiger partial charge in [-0.2, -0.15) is 0 Å². The molecule has 6 heteroatoms. The molecule has 2 aliphatic rings. The Labute approximate surface area is 113 Å². The monoisotopic (exact) mass is 290 g/mol. The van der Waals surface area contributed by atoms with Gasteiger partial charge >= 0.3 is 0 Å². The van der Waals surface area contributed by atoms with Gasteiger partial charge in [-0.25, -0.2) is 0 Å². The Kier molecular flexibility index (Phi) is 2.56. The van der Waals surface area contributed by atoms with Gasteiger partial charge in [0.25, 0.3) is 0 Å². The summed E-state index contributed by atoms with van der Waals surface area (Å²) in [6.45, 7) is 1.42. The molecule has 0 saturated carbocycles. The average molecular weight is 292 g/mol. The van der Waals surface area contributed by atoms with E-state index in [-0.39, 0.29) is 10.9 Å². The summed E-state index contributed by atoms with van der Waals surface area (Å²) in [7, 11) is 0. The lowest BCUT2D eigenvalue weighted by Crippen LogP contribution is -2.36. The molecule has 1 unspecified atom stereocenters. The van der Waals surface area contributed by atoms with Crippen molar-refractivity contribution in [3.8, 4) is 0 Å². The molecule has 1 spiro atoms. The molecule has 1 fully saturated rings. The molecular formula is C11H9Cl3N2O. The quantitative estimate of drug-likeness (QED) is 0.722. The Bertz CT molecular complexity index is 524. The molecule has 2 aliphatic heterocycles. The van der Waals surface area contributed by atoms with Gasteiger partial charge in [0.1, 0.15) is 0 Å². The number of carbonyl (C=O) groups excluding carboxylic acids is 1. The van der Waals surface area contributed by atoms with Gasteiger partial charge in [-0.05, 0) is 24.6 Å². The molecule has 90 valence electrons. The average Bonchev–Trinajstić information content (AvgIpc) is 2.88. The van der Waals surface area contributed by atoms with Crippen molar-refractivity contribution >= 4 is 46.4 Å². The van der Waals surface area contributed by atoms with Gasteiger partial charge in [0, 0.05) is 6.54 Å². The molecule has 1 amide bonds. The molecule has 3 rings (SSSR count). The molecule has 0 radical (unpaired) electrons. The van der Waals surface area contributed by atoms with Crippen molar-refractivity contribution in [2.75, 3.05) is 18.4 Å². The van der Waals surface area contributed by atoms with E-state index in [0.717, 1.165) is 18.5 Å². The molecule has 17 heavy (non-hydrogen) atoms. The predicted molar refractivity (Wildman–Crippen MR) is 69.3 cm³/mol. The Morgan fingerprint density at radius 3 is 2.65 bits per heavy atom. The maximum atomic E-state index is 12.1. The van der Waals surface area contributed by atoms with E-state index in [9.17, 15) is 4.79 Å². The van der Waals surface area contributed by atoms with Crippen LogP contribution in [0, 0.1) is 0 Å². The Morgan fingerprint density at radius 1 is 1.24 bits per heavy atom. The Hall–Kier alpha value is -0.480. The number of benzene rings is 1. The smallest absolute Gasteiger partial charge is 0.236 e. The van der Waals surface area contributed by atoms with Crippen molar-refractivity contribution in [1.29, 1.82) is 0 Å². The minimum absolute atomic E-state index is 0.0299. The van der Waals surface area contributed by atoms with Crippen LogP contribution in [0.25, 0.3) is 0 Å². The normalized spacial score (nSPS) is 26.4. The number of anilines is 1. The second kappa shape index (κ2) is 3.75. The van der Waals surface area contributed by atoms with Gasteiger partial charge in [-0.15, -0.1) is 0 Å². The zero-order valence-electron chi connectivity index (χ0n) is 8.74. The van der Waals surface area contributed by atoms with E-state index in [2.05, 4.69) is 10.6 Å². The van der Waals surface area contributed by atoms with Crippen LogP contribution in [-0.4, -0.2) is 19.0 Å². The molecule has 2 N–H and O–H groups in total. The van der Waals surface area contributed by atoms with E-state index in [4.69, 9.17) is 34.8 Å². The first kappa shape index (κ1) is 11.6. The fraction of sp³-hybridized carbons (Fsp3) is 0.364. The molecule has 0 aromatic heterocycles. The summed E-state index contributed by atoms with van der Waals surface area (Å²) in [5, 5.41) is 7.01. The van der Waals surface area contributed by atoms with Gasteiger partial charge in [0.2, 0.25) is 5.91 Å². The topological polar surface area (TPSA) is 41.1 Å². The van der Waals surface area contributed by atoms with Crippen LogP contribution < -0.4 is 10.6 Å². The van der Waals surface area contributed by atoms with Crippen LogP contribution in [0.2, 0.25) is 15.1 Å². The lowest BCUT2D eigenvalue weighted by molar-refractivity contribution is -0.120. The number of hydrogen-bond acceptors (Lipinski definition) is 2. The minimum Gasteiger partial charge on any atom is -0.324 e. The van der Waals surface area contributed by atoms with Crippen molar-refractivity contribution in [3.05, 3.63) is 26.7 Å². The highest BCUT2D eigenvalue weighted by Crippen LogP contribution is 2.49. The fourth-order valence-corrected chi connectivity index (χ4v) is 3.22. The van der Waals surface area contributed by atoms with E-state index in [1.54, 1.807) is 6.07 Å². The number of amides is 1. The van der Waals surface area contributed by atoms with Crippen LogP contribution in [0.4, 0.5) is 5.69 Å². The molecule has 1 aromatic carbocycles. The third kappa shape index (κ3) is 1.43. The Balaban J connectivity index is 2.26. The van der Waals surface area contributed by atoms with Crippen LogP contribution in [0.15, 0.2) is 6.07 Å². The van der Waals surface area contributed by atoms with Gasteiger partial charge < -0.3 is 10.6 Å². The summed E-state index contributed by atoms with van der Waals surface area (Å²) in [4.78, 5) is 12.1. The molecule has 1 atom stereocenters. The van der Waals surface area contributed by atoms with Gasteiger partial charge in [-0.1, -0.05) is 34.8 Å².